The third-order valence-corrected chi connectivity index (χ3v) is 1.85. The lowest BCUT2D eigenvalue weighted by Crippen LogP contribution is -2.01. The van der Waals surface area contributed by atoms with E-state index in [2.05, 4.69) is 23.8 Å². The topological polar surface area (TPSA) is 25.8 Å². The van der Waals surface area contributed by atoms with Crippen LogP contribution in [0.5, 0.6) is 0 Å². The molecule has 0 aliphatic carbocycles. The quantitative estimate of drug-likeness (QED) is 0.714. The lowest BCUT2D eigenvalue weighted by Gasteiger charge is -2.04. The van der Waals surface area contributed by atoms with Gasteiger partial charge in [0.15, 0.2) is 0 Å². The van der Waals surface area contributed by atoms with Gasteiger partial charge in [0, 0.05) is 18.8 Å². The van der Waals surface area contributed by atoms with Crippen LogP contribution in [0.25, 0.3) is 0 Å². The molecule has 13 heavy (non-hydrogen) atoms. The first-order valence-electron chi connectivity index (χ1n) is 5.08. The van der Waals surface area contributed by atoms with E-state index in [4.69, 9.17) is 0 Å². The van der Waals surface area contributed by atoms with Crippen LogP contribution >= 0.6 is 0 Å². The summed E-state index contributed by atoms with van der Waals surface area (Å²) in [5, 5.41) is 0. The van der Waals surface area contributed by atoms with Gasteiger partial charge in [0.2, 0.25) is 0 Å². The van der Waals surface area contributed by atoms with Gasteiger partial charge in [0.25, 0.3) is 0 Å². The summed E-state index contributed by atoms with van der Waals surface area (Å²) in [6.07, 6.45) is 5.78. The van der Waals surface area contributed by atoms with Gasteiger partial charge in [-0.05, 0) is 12.0 Å². The number of aromatic nitrogens is 2. The molecule has 0 aliphatic rings. The molecular formula is C11H20N2. The molecule has 0 saturated heterocycles. The summed E-state index contributed by atoms with van der Waals surface area (Å²) in [7, 11) is 0. The fourth-order valence-electron chi connectivity index (χ4n) is 0.891. The highest BCUT2D eigenvalue weighted by Crippen LogP contribution is 2.05. The zero-order chi connectivity index (χ0) is 10.1. The van der Waals surface area contributed by atoms with E-state index >= 15 is 0 Å². The molecule has 1 unspecified atom stereocenters. The molecular weight excluding hydrogens is 160 g/mol. The lowest BCUT2D eigenvalue weighted by molar-refractivity contribution is 0.543. The monoisotopic (exact) mass is 180 g/mol. The van der Waals surface area contributed by atoms with E-state index < -0.39 is 0 Å². The first kappa shape index (κ1) is 12.1. The van der Waals surface area contributed by atoms with E-state index in [-0.39, 0.29) is 0 Å². The summed E-state index contributed by atoms with van der Waals surface area (Å²) in [6, 6.07) is 1.85. The van der Waals surface area contributed by atoms with Gasteiger partial charge in [-0.15, -0.1) is 0 Å². The maximum Gasteiger partial charge on any atom is 0.128 e. The van der Waals surface area contributed by atoms with E-state index in [1.165, 1.54) is 6.42 Å². The number of hydrogen-bond donors (Lipinski definition) is 0. The van der Waals surface area contributed by atoms with Crippen molar-refractivity contribution in [1.82, 2.24) is 9.97 Å². The molecule has 0 spiro atoms. The highest BCUT2D eigenvalue weighted by atomic mass is 14.8. The molecule has 0 bridgehead atoms. The first-order chi connectivity index (χ1) is 6.33. The SMILES string of the molecule is CC.CCC(C)Cc1ncccn1. The molecule has 0 aromatic carbocycles. The summed E-state index contributed by atoms with van der Waals surface area (Å²) >= 11 is 0. The predicted octanol–water partition coefficient (Wildman–Crippen LogP) is 3.09. The molecule has 2 nitrogen and oxygen atoms in total. The van der Waals surface area contributed by atoms with E-state index in [0.29, 0.717) is 5.92 Å². The van der Waals surface area contributed by atoms with Crippen molar-refractivity contribution in [3.05, 3.63) is 24.3 Å². The van der Waals surface area contributed by atoms with Gasteiger partial charge in [0.05, 0.1) is 0 Å². The lowest BCUT2D eigenvalue weighted by atomic mass is 10.1. The maximum absolute atomic E-state index is 4.16. The minimum Gasteiger partial charge on any atom is -0.241 e. The van der Waals surface area contributed by atoms with E-state index in [0.717, 1.165) is 12.2 Å². The highest BCUT2D eigenvalue weighted by molar-refractivity contribution is 4.89. The number of nitrogens with zero attached hydrogens (tertiary/aromatic N) is 2. The van der Waals surface area contributed by atoms with Crippen LogP contribution in [0, 0.1) is 5.92 Å². The normalized spacial score (nSPS) is 11.4. The van der Waals surface area contributed by atoms with Crippen molar-refractivity contribution in [2.45, 2.75) is 40.5 Å². The molecule has 1 heterocycles. The van der Waals surface area contributed by atoms with Crippen molar-refractivity contribution in [1.29, 1.82) is 0 Å². The Morgan fingerprint density at radius 2 is 1.77 bits per heavy atom. The van der Waals surface area contributed by atoms with Crippen LogP contribution in [0.1, 0.15) is 39.9 Å². The molecule has 0 N–H and O–H groups in total. The fourth-order valence-corrected chi connectivity index (χ4v) is 0.891. The molecule has 0 saturated carbocycles. The van der Waals surface area contributed by atoms with Gasteiger partial charge in [-0.2, -0.15) is 0 Å². The molecule has 2 heteroatoms. The Hall–Kier alpha value is -0.920. The van der Waals surface area contributed by atoms with Crippen LogP contribution in [0.3, 0.4) is 0 Å². The molecule has 1 rings (SSSR count). The van der Waals surface area contributed by atoms with Crippen molar-refractivity contribution >= 4 is 0 Å². The van der Waals surface area contributed by atoms with Crippen molar-refractivity contribution in [3.63, 3.8) is 0 Å². The van der Waals surface area contributed by atoms with Crippen LogP contribution in [-0.2, 0) is 6.42 Å². The van der Waals surface area contributed by atoms with Crippen LogP contribution in [0.15, 0.2) is 18.5 Å². The van der Waals surface area contributed by atoms with E-state index in [1.54, 1.807) is 12.4 Å². The molecule has 1 atom stereocenters. The Balaban J connectivity index is 0.000000671. The summed E-state index contributed by atoms with van der Waals surface area (Å²) in [5.74, 6) is 1.65. The minimum atomic E-state index is 0.692. The van der Waals surface area contributed by atoms with Crippen molar-refractivity contribution < 1.29 is 0 Å². The van der Waals surface area contributed by atoms with Crippen molar-refractivity contribution in [2.75, 3.05) is 0 Å². The van der Waals surface area contributed by atoms with Crippen LogP contribution < -0.4 is 0 Å². The number of hydrogen-bond acceptors (Lipinski definition) is 2. The largest absolute Gasteiger partial charge is 0.241 e. The number of rotatable bonds is 3. The molecule has 74 valence electrons. The molecule has 0 radical (unpaired) electrons. The fraction of sp³-hybridized carbons (Fsp3) is 0.636. The maximum atomic E-state index is 4.16. The van der Waals surface area contributed by atoms with Crippen LogP contribution in [0.2, 0.25) is 0 Å². The molecule has 1 aromatic rings. The summed E-state index contributed by atoms with van der Waals surface area (Å²) in [4.78, 5) is 8.31. The van der Waals surface area contributed by atoms with Crippen molar-refractivity contribution in [2.24, 2.45) is 5.92 Å². The molecule has 0 fully saturated rings. The van der Waals surface area contributed by atoms with Crippen LogP contribution in [-0.4, -0.2) is 9.97 Å². The summed E-state index contributed by atoms with van der Waals surface area (Å²) in [6.45, 7) is 8.41. The zero-order valence-electron chi connectivity index (χ0n) is 9.12. The second kappa shape index (κ2) is 7.71. The second-order valence-corrected chi connectivity index (χ2v) is 2.88. The van der Waals surface area contributed by atoms with Crippen LogP contribution in [0.4, 0.5) is 0 Å². The van der Waals surface area contributed by atoms with Gasteiger partial charge in [-0.1, -0.05) is 34.1 Å². The van der Waals surface area contributed by atoms with Crippen molar-refractivity contribution in [3.8, 4) is 0 Å². The van der Waals surface area contributed by atoms with E-state index in [9.17, 15) is 0 Å². The van der Waals surface area contributed by atoms with Gasteiger partial charge >= 0.3 is 0 Å². The first-order valence-corrected chi connectivity index (χ1v) is 5.08. The Kier molecular flexibility index (Phi) is 7.17. The predicted molar refractivity (Wildman–Crippen MR) is 56.5 cm³/mol. The van der Waals surface area contributed by atoms with E-state index in [1.807, 2.05) is 19.9 Å². The summed E-state index contributed by atoms with van der Waals surface area (Å²) in [5.41, 5.74) is 0. The third kappa shape index (κ3) is 5.34. The smallest absolute Gasteiger partial charge is 0.128 e. The Bertz CT molecular complexity index is 197. The Morgan fingerprint density at radius 3 is 2.23 bits per heavy atom. The molecule has 1 aromatic heterocycles. The van der Waals surface area contributed by atoms with Gasteiger partial charge in [-0.25, -0.2) is 9.97 Å². The summed E-state index contributed by atoms with van der Waals surface area (Å²) < 4.78 is 0. The van der Waals surface area contributed by atoms with Gasteiger partial charge < -0.3 is 0 Å². The standard InChI is InChI=1S/C9H14N2.C2H6/c1-3-8(2)7-9-10-5-4-6-11-9;1-2/h4-6,8H,3,7H2,1-2H3;1-2H3. The molecule has 0 aliphatic heterocycles. The average molecular weight is 180 g/mol. The van der Waals surface area contributed by atoms with Gasteiger partial charge in [0.1, 0.15) is 5.82 Å². The molecule has 0 amide bonds. The third-order valence-electron chi connectivity index (χ3n) is 1.85. The Morgan fingerprint density at radius 1 is 1.23 bits per heavy atom. The zero-order valence-corrected chi connectivity index (χ0v) is 9.12. The highest BCUT2D eigenvalue weighted by Gasteiger charge is 2.01. The minimum absolute atomic E-state index is 0.692. The Labute approximate surface area is 81.4 Å². The second-order valence-electron chi connectivity index (χ2n) is 2.88. The van der Waals surface area contributed by atoms with Gasteiger partial charge in [-0.3, -0.25) is 0 Å². The average Bonchev–Trinajstić information content (AvgIpc) is 2.22.